The summed E-state index contributed by atoms with van der Waals surface area (Å²) < 4.78 is 0. The molecule has 0 radical (unpaired) electrons. The molecule has 0 unspecified atom stereocenters. The zero-order chi connectivity index (χ0) is 11.1. The minimum Gasteiger partial charge on any atom is -0.481 e. The standard InChI is InChI=1S/C13H15NO2/c15-13(16)12-10-7-14(8-11(10)12)6-9-4-2-1-3-5-9/h1-5,10-12H,6-8H2,(H,15,16)/t10-,11-/m0/s1. The van der Waals surface area contributed by atoms with E-state index in [0.717, 1.165) is 19.6 Å². The second-order valence-corrected chi connectivity index (χ2v) is 4.87. The van der Waals surface area contributed by atoms with Gasteiger partial charge in [0.2, 0.25) is 0 Å². The first-order valence-corrected chi connectivity index (χ1v) is 5.75. The third-order valence-electron chi connectivity index (χ3n) is 3.80. The number of rotatable bonds is 3. The Labute approximate surface area is 94.7 Å². The summed E-state index contributed by atoms with van der Waals surface area (Å²) in [5, 5.41) is 8.92. The van der Waals surface area contributed by atoms with Gasteiger partial charge in [0.25, 0.3) is 0 Å². The van der Waals surface area contributed by atoms with E-state index in [1.165, 1.54) is 5.56 Å². The molecule has 3 rings (SSSR count). The van der Waals surface area contributed by atoms with E-state index in [1.807, 2.05) is 18.2 Å². The second-order valence-electron chi connectivity index (χ2n) is 4.87. The van der Waals surface area contributed by atoms with Crippen molar-refractivity contribution >= 4 is 5.97 Å². The maximum atomic E-state index is 10.8. The van der Waals surface area contributed by atoms with Crippen molar-refractivity contribution < 1.29 is 9.90 Å². The number of nitrogens with zero attached hydrogens (tertiary/aromatic N) is 1. The number of fused-ring (bicyclic) bond motifs is 1. The van der Waals surface area contributed by atoms with Gasteiger partial charge in [-0.3, -0.25) is 9.69 Å². The minimum atomic E-state index is -0.602. The third-order valence-corrected chi connectivity index (χ3v) is 3.80. The Morgan fingerprint density at radius 3 is 2.44 bits per heavy atom. The first kappa shape index (κ1) is 9.85. The SMILES string of the molecule is O=C(O)C1[C@H]2CN(Cc3ccccc3)C[C@H]12. The normalized spacial score (nSPS) is 32.4. The highest BCUT2D eigenvalue weighted by Crippen LogP contribution is 2.51. The van der Waals surface area contributed by atoms with E-state index in [4.69, 9.17) is 5.11 Å². The summed E-state index contributed by atoms with van der Waals surface area (Å²) in [5.41, 5.74) is 1.32. The van der Waals surface area contributed by atoms with Gasteiger partial charge in [0.15, 0.2) is 0 Å². The lowest BCUT2D eigenvalue weighted by Crippen LogP contribution is -2.25. The lowest BCUT2D eigenvalue weighted by Gasteiger charge is -2.18. The van der Waals surface area contributed by atoms with Crippen LogP contribution in [-0.4, -0.2) is 29.1 Å². The highest BCUT2D eigenvalue weighted by Gasteiger charge is 2.59. The summed E-state index contributed by atoms with van der Waals surface area (Å²) in [4.78, 5) is 13.2. The number of benzene rings is 1. The summed E-state index contributed by atoms with van der Waals surface area (Å²) >= 11 is 0. The molecule has 0 spiro atoms. The monoisotopic (exact) mass is 217 g/mol. The molecule has 3 heteroatoms. The number of carboxylic acid groups (broad SMARTS) is 1. The van der Waals surface area contributed by atoms with E-state index >= 15 is 0 Å². The average molecular weight is 217 g/mol. The van der Waals surface area contributed by atoms with Gasteiger partial charge in [-0.2, -0.15) is 0 Å². The maximum absolute atomic E-state index is 10.8. The Hall–Kier alpha value is -1.35. The van der Waals surface area contributed by atoms with E-state index in [2.05, 4.69) is 17.0 Å². The Balaban J connectivity index is 1.57. The Morgan fingerprint density at radius 1 is 1.25 bits per heavy atom. The largest absolute Gasteiger partial charge is 0.481 e. The number of likely N-dealkylation sites (tertiary alicyclic amines) is 1. The predicted molar refractivity (Wildman–Crippen MR) is 59.8 cm³/mol. The molecule has 1 aliphatic carbocycles. The molecule has 1 saturated carbocycles. The van der Waals surface area contributed by atoms with E-state index in [1.54, 1.807) is 0 Å². The van der Waals surface area contributed by atoms with Crippen LogP contribution in [0.5, 0.6) is 0 Å². The van der Waals surface area contributed by atoms with Gasteiger partial charge in [0, 0.05) is 19.6 Å². The van der Waals surface area contributed by atoms with Gasteiger partial charge >= 0.3 is 5.97 Å². The lowest BCUT2D eigenvalue weighted by atomic mass is 10.2. The molecule has 1 saturated heterocycles. The number of aliphatic carboxylic acids is 1. The van der Waals surface area contributed by atoms with E-state index in [0.29, 0.717) is 11.8 Å². The lowest BCUT2D eigenvalue weighted by molar-refractivity contribution is -0.139. The van der Waals surface area contributed by atoms with Gasteiger partial charge in [-0.25, -0.2) is 0 Å². The topological polar surface area (TPSA) is 40.5 Å². The van der Waals surface area contributed by atoms with E-state index in [-0.39, 0.29) is 5.92 Å². The fraction of sp³-hybridized carbons (Fsp3) is 0.462. The van der Waals surface area contributed by atoms with Crippen LogP contribution in [0.2, 0.25) is 0 Å². The molecule has 1 aliphatic heterocycles. The summed E-state index contributed by atoms with van der Waals surface area (Å²) in [5.74, 6) is 0.184. The highest BCUT2D eigenvalue weighted by molar-refractivity contribution is 5.74. The highest BCUT2D eigenvalue weighted by atomic mass is 16.4. The number of hydrogen-bond donors (Lipinski definition) is 1. The summed E-state index contributed by atoms with van der Waals surface area (Å²) in [6, 6.07) is 10.4. The third kappa shape index (κ3) is 1.61. The molecule has 1 aromatic carbocycles. The number of carboxylic acids is 1. The van der Waals surface area contributed by atoms with Gasteiger partial charge < -0.3 is 5.11 Å². The van der Waals surface area contributed by atoms with Crippen molar-refractivity contribution in [2.75, 3.05) is 13.1 Å². The molecule has 1 aromatic rings. The molecule has 1 N–H and O–H groups in total. The van der Waals surface area contributed by atoms with Crippen molar-refractivity contribution in [3.05, 3.63) is 35.9 Å². The average Bonchev–Trinajstić information content (AvgIpc) is 2.79. The molecule has 2 fully saturated rings. The molecule has 3 nitrogen and oxygen atoms in total. The maximum Gasteiger partial charge on any atom is 0.307 e. The molecule has 0 bridgehead atoms. The van der Waals surface area contributed by atoms with Crippen LogP contribution in [0, 0.1) is 17.8 Å². The quantitative estimate of drug-likeness (QED) is 0.833. The number of hydrogen-bond acceptors (Lipinski definition) is 2. The number of piperidine rings is 1. The van der Waals surface area contributed by atoms with Crippen molar-refractivity contribution in [2.45, 2.75) is 6.54 Å². The van der Waals surface area contributed by atoms with Crippen molar-refractivity contribution in [1.82, 2.24) is 4.90 Å². The van der Waals surface area contributed by atoms with Crippen LogP contribution >= 0.6 is 0 Å². The fourth-order valence-electron chi connectivity index (χ4n) is 2.95. The van der Waals surface area contributed by atoms with Gasteiger partial charge in [0.1, 0.15) is 0 Å². The van der Waals surface area contributed by atoms with Crippen LogP contribution in [0.3, 0.4) is 0 Å². The Morgan fingerprint density at radius 2 is 1.88 bits per heavy atom. The van der Waals surface area contributed by atoms with Crippen molar-refractivity contribution in [2.24, 2.45) is 17.8 Å². The van der Waals surface area contributed by atoms with E-state index in [9.17, 15) is 4.79 Å². The van der Waals surface area contributed by atoms with Gasteiger partial charge in [-0.05, 0) is 17.4 Å². The zero-order valence-corrected chi connectivity index (χ0v) is 9.04. The Kier molecular flexibility index (Phi) is 2.21. The first-order chi connectivity index (χ1) is 7.75. The first-order valence-electron chi connectivity index (χ1n) is 5.75. The van der Waals surface area contributed by atoms with Crippen LogP contribution in [0.15, 0.2) is 30.3 Å². The smallest absolute Gasteiger partial charge is 0.307 e. The predicted octanol–water partition coefficient (Wildman–Crippen LogP) is 1.45. The van der Waals surface area contributed by atoms with Gasteiger partial charge in [-0.1, -0.05) is 30.3 Å². The molecule has 2 aliphatic rings. The molecule has 2 atom stereocenters. The van der Waals surface area contributed by atoms with Crippen LogP contribution in [0.4, 0.5) is 0 Å². The second kappa shape index (κ2) is 3.59. The molecule has 0 amide bonds. The van der Waals surface area contributed by atoms with Crippen LogP contribution in [0.25, 0.3) is 0 Å². The number of carbonyl (C=O) groups is 1. The molecular formula is C13H15NO2. The van der Waals surface area contributed by atoms with Crippen LogP contribution in [0.1, 0.15) is 5.56 Å². The molecule has 1 heterocycles. The summed E-state index contributed by atoms with van der Waals surface area (Å²) in [6.07, 6.45) is 0. The molecular weight excluding hydrogens is 202 g/mol. The molecule has 16 heavy (non-hydrogen) atoms. The van der Waals surface area contributed by atoms with E-state index < -0.39 is 5.97 Å². The van der Waals surface area contributed by atoms with Crippen molar-refractivity contribution in [1.29, 1.82) is 0 Å². The summed E-state index contributed by atoms with van der Waals surface area (Å²) in [6.45, 7) is 2.87. The van der Waals surface area contributed by atoms with Gasteiger partial charge in [0.05, 0.1) is 5.92 Å². The van der Waals surface area contributed by atoms with Crippen LogP contribution < -0.4 is 0 Å². The summed E-state index contributed by atoms with van der Waals surface area (Å²) in [7, 11) is 0. The Bertz CT molecular complexity index is 392. The zero-order valence-electron chi connectivity index (χ0n) is 9.04. The van der Waals surface area contributed by atoms with Crippen molar-refractivity contribution in [3.8, 4) is 0 Å². The van der Waals surface area contributed by atoms with Crippen LogP contribution in [-0.2, 0) is 11.3 Å². The fourth-order valence-corrected chi connectivity index (χ4v) is 2.95. The molecule has 0 aromatic heterocycles. The van der Waals surface area contributed by atoms with Crippen molar-refractivity contribution in [3.63, 3.8) is 0 Å². The minimum absolute atomic E-state index is 0.0491. The van der Waals surface area contributed by atoms with Gasteiger partial charge in [-0.15, -0.1) is 0 Å². The molecule has 84 valence electrons.